The van der Waals surface area contributed by atoms with Gasteiger partial charge in [-0.15, -0.1) is 0 Å². The number of amides is 1. The number of carboxylic acid groups (broad SMARTS) is 1. The van der Waals surface area contributed by atoms with Gasteiger partial charge in [0, 0.05) is 24.4 Å². The highest BCUT2D eigenvalue weighted by molar-refractivity contribution is 6.79. The zero-order valence-electron chi connectivity index (χ0n) is 19.7. The summed E-state index contributed by atoms with van der Waals surface area (Å²) in [6.07, 6.45) is 1.68. The van der Waals surface area contributed by atoms with Crippen LogP contribution in [0.15, 0.2) is 30.5 Å². The van der Waals surface area contributed by atoms with Crippen molar-refractivity contribution in [3.05, 3.63) is 36.0 Å². The van der Waals surface area contributed by atoms with Gasteiger partial charge in [0.25, 0.3) is 0 Å². The second-order valence-electron chi connectivity index (χ2n) is 10.5. The number of carboxylic acids is 1. The average Bonchev–Trinajstić information content (AvgIpc) is 2.95. The van der Waals surface area contributed by atoms with Gasteiger partial charge in [-0.05, 0) is 43.6 Å². The number of hydrogen-bond donors (Lipinski definition) is 1. The molecule has 0 bridgehead atoms. The zero-order chi connectivity index (χ0) is 23.1. The third-order valence-electron chi connectivity index (χ3n) is 6.08. The second-order valence-corrected chi connectivity index (χ2v) is 15.6. The molecule has 0 radical (unpaired) electrons. The quantitative estimate of drug-likeness (QED) is 0.646. The van der Waals surface area contributed by atoms with Crippen molar-refractivity contribution < 1.29 is 19.4 Å². The smallest absolute Gasteiger partial charge is 0.410 e. The molecular formula is C23H36N2O4Si. The van der Waals surface area contributed by atoms with Crippen molar-refractivity contribution in [2.75, 3.05) is 7.05 Å². The number of rotatable bonds is 5. The molecule has 0 spiro atoms. The van der Waals surface area contributed by atoms with Gasteiger partial charge in [0.05, 0.1) is 0 Å². The Morgan fingerprint density at radius 3 is 2.20 bits per heavy atom. The van der Waals surface area contributed by atoms with Gasteiger partial charge < -0.3 is 14.1 Å². The highest BCUT2D eigenvalue weighted by Gasteiger charge is 2.39. The minimum atomic E-state index is -1.92. The molecule has 1 amide bonds. The van der Waals surface area contributed by atoms with E-state index in [-0.39, 0.29) is 11.5 Å². The maximum absolute atomic E-state index is 12.5. The molecular weight excluding hydrogens is 396 g/mol. The van der Waals surface area contributed by atoms with E-state index in [1.54, 1.807) is 20.8 Å². The number of carbonyl (C=O) groups is 2. The molecule has 6 nitrogen and oxygen atoms in total. The first-order valence-electron chi connectivity index (χ1n) is 10.3. The lowest BCUT2D eigenvalue weighted by Gasteiger charge is -2.38. The Hall–Kier alpha value is -2.28. The van der Waals surface area contributed by atoms with Crippen LogP contribution in [0.3, 0.4) is 0 Å². The predicted molar refractivity (Wildman–Crippen MR) is 124 cm³/mol. The van der Waals surface area contributed by atoms with Crippen molar-refractivity contribution in [3.63, 3.8) is 0 Å². The summed E-state index contributed by atoms with van der Waals surface area (Å²) < 4.78 is 7.75. The van der Waals surface area contributed by atoms with Gasteiger partial charge in [0.2, 0.25) is 0 Å². The van der Waals surface area contributed by atoms with Crippen molar-refractivity contribution in [1.82, 2.24) is 9.13 Å². The van der Waals surface area contributed by atoms with Crippen LogP contribution >= 0.6 is 0 Å². The molecule has 0 aliphatic carbocycles. The van der Waals surface area contributed by atoms with Crippen LogP contribution in [-0.4, -0.2) is 53.2 Å². The van der Waals surface area contributed by atoms with E-state index in [0.29, 0.717) is 0 Å². The molecule has 7 heteroatoms. The van der Waals surface area contributed by atoms with Crippen molar-refractivity contribution in [1.29, 1.82) is 0 Å². The van der Waals surface area contributed by atoms with Gasteiger partial charge >= 0.3 is 12.1 Å². The van der Waals surface area contributed by atoms with Gasteiger partial charge in [0.1, 0.15) is 11.6 Å². The molecule has 2 rings (SSSR count). The molecule has 1 aromatic carbocycles. The fourth-order valence-corrected chi connectivity index (χ4v) is 5.29. The number of hydrogen-bond acceptors (Lipinski definition) is 3. The lowest BCUT2D eigenvalue weighted by atomic mass is 10.0. The Labute approximate surface area is 180 Å². The van der Waals surface area contributed by atoms with Crippen LogP contribution in [-0.2, 0) is 16.0 Å². The van der Waals surface area contributed by atoms with Crippen LogP contribution in [0.2, 0.25) is 18.1 Å². The first-order chi connectivity index (χ1) is 13.6. The van der Waals surface area contributed by atoms with Crippen molar-refractivity contribution in [2.24, 2.45) is 0 Å². The summed E-state index contributed by atoms with van der Waals surface area (Å²) in [5, 5.41) is 11.0. The summed E-state index contributed by atoms with van der Waals surface area (Å²) in [5.74, 6) is -1.05. The predicted octanol–water partition coefficient (Wildman–Crippen LogP) is 5.36. The van der Waals surface area contributed by atoms with Gasteiger partial charge in [-0.1, -0.05) is 52.1 Å². The van der Waals surface area contributed by atoms with Gasteiger partial charge in [-0.3, -0.25) is 4.90 Å². The van der Waals surface area contributed by atoms with Crippen LogP contribution in [0.1, 0.15) is 47.1 Å². The third kappa shape index (κ3) is 4.88. The molecule has 1 N–H and O–H groups in total. The van der Waals surface area contributed by atoms with Gasteiger partial charge in [-0.2, -0.15) is 0 Å². The van der Waals surface area contributed by atoms with Crippen LogP contribution in [0.4, 0.5) is 4.79 Å². The molecule has 0 aliphatic heterocycles. The fourth-order valence-electron chi connectivity index (χ4n) is 3.30. The Morgan fingerprint density at radius 1 is 1.13 bits per heavy atom. The van der Waals surface area contributed by atoms with Crippen LogP contribution < -0.4 is 0 Å². The Balaban J connectivity index is 2.49. The topological polar surface area (TPSA) is 71.8 Å². The molecule has 0 unspecified atom stereocenters. The molecule has 1 aromatic heterocycles. The molecule has 30 heavy (non-hydrogen) atoms. The Kier molecular flexibility index (Phi) is 6.47. The van der Waals surface area contributed by atoms with Crippen molar-refractivity contribution >= 4 is 31.2 Å². The minimum Gasteiger partial charge on any atom is -0.480 e. The fraction of sp³-hybridized carbons (Fsp3) is 0.565. The first-order valence-corrected chi connectivity index (χ1v) is 13.3. The van der Waals surface area contributed by atoms with E-state index in [1.807, 2.05) is 18.2 Å². The highest BCUT2D eigenvalue weighted by atomic mass is 28.3. The maximum atomic E-state index is 12.5. The molecule has 0 aliphatic rings. The second kappa shape index (κ2) is 8.10. The van der Waals surface area contributed by atoms with Crippen LogP contribution in [0.25, 0.3) is 10.9 Å². The molecule has 0 fully saturated rings. The Bertz CT molecular complexity index is 935. The van der Waals surface area contributed by atoms with E-state index in [2.05, 4.69) is 50.4 Å². The molecule has 1 heterocycles. The lowest BCUT2D eigenvalue weighted by Crippen LogP contribution is -2.46. The number of likely N-dealkylation sites (N-methyl/N-ethyl adjacent to an activating group) is 1. The summed E-state index contributed by atoms with van der Waals surface area (Å²) >= 11 is 0. The normalized spacial score (nSPS) is 13.9. The van der Waals surface area contributed by atoms with E-state index in [1.165, 1.54) is 11.9 Å². The molecule has 166 valence electrons. The van der Waals surface area contributed by atoms with Gasteiger partial charge in [-0.25, -0.2) is 9.59 Å². The van der Waals surface area contributed by atoms with Crippen molar-refractivity contribution in [3.8, 4) is 0 Å². The molecule has 2 aromatic rings. The number of aliphatic carboxylic acids is 1. The van der Waals surface area contributed by atoms with E-state index in [9.17, 15) is 14.7 Å². The summed E-state index contributed by atoms with van der Waals surface area (Å²) in [4.78, 5) is 25.7. The maximum Gasteiger partial charge on any atom is 0.410 e. The standard InChI is InChI=1S/C23H36N2O4Si/c1-22(2,3)29-21(28)24(7)19(20(26)27)14-16-15-25(30(8,9)23(4,5)6)18-13-11-10-12-17(16)18/h10-13,15,19H,14H2,1-9H3,(H,26,27)/t19-/m1/s1. The van der Waals surface area contributed by atoms with Crippen molar-refractivity contribution in [2.45, 2.75) is 77.7 Å². The number of carbonyl (C=O) groups excluding carboxylic acids is 1. The van der Waals surface area contributed by atoms with E-state index < -0.39 is 31.9 Å². The number of benzene rings is 1. The summed E-state index contributed by atoms with van der Waals surface area (Å²) in [6.45, 7) is 16.7. The Morgan fingerprint density at radius 2 is 1.70 bits per heavy atom. The molecule has 0 saturated carbocycles. The average molecular weight is 433 g/mol. The summed E-state index contributed by atoms with van der Waals surface area (Å²) in [7, 11) is -0.434. The van der Waals surface area contributed by atoms with Gasteiger partial charge in [0.15, 0.2) is 8.24 Å². The first kappa shape index (κ1) is 24.0. The molecule has 1 atom stereocenters. The highest BCUT2D eigenvalue weighted by Crippen LogP contribution is 2.40. The largest absolute Gasteiger partial charge is 0.480 e. The monoisotopic (exact) mass is 432 g/mol. The SMILES string of the molecule is CN(C(=O)OC(C)(C)C)[C@H](Cc1cn([Si](C)(C)C(C)(C)C)c2ccccc12)C(=O)O. The number of fused-ring (bicyclic) bond motifs is 1. The minimum absolute atomic E-state index is 0.117. The number of nitrogens with zero attached hydrogens (tertiary/aromatic N) is 2. The number of para-hydroxylation sites is 1. The molecule has 0 saturated heterocycles. The summed E-state index contributed by atoms with van der Waals surface area (Å²) in [5.41, 5.74) is 1.36. The summed E-state index contributed by atoms with van der Waals surface area (Å²) in [6, 6.07) is 7.08. The van der Waals surface area contributed by atoms with E-state index >= 15 is 0 Å². The van der Waals surface area contributed by atoms with Crippen LogP contribution in [0.5, 0.6) is 0 Å². The van der Waals surface area contributed by atoms with Crippen LogP contribution in [0, 0.1) is 0 Å². The number of ether oxygens (including phenoxy) is 1. The number of aromatic nitrogens is 1. The lowest BCUT2D eigenvalue weighted by molar-refractivity contribution is -0.142. The third-order valence-corrected chi connectivity index (χ3v) is 11.3. The zero-order valence-corrected chi connectivity index (χ0v) is 20.7. The van der Waals surface area contributed by atoms with E-state index in [0.717, 1.165) is 16.5 Å². The van der Waals surface area contributed by atoms with E-state index in [4.69, 9.17) is 4.74 Å².